The monoisotopic (exact) mass is 399 g/mol. The fourth-order valence-corrected chi connectivity index (χ4v) is 4.03. The van der Waals surface area contributed by atoms with E-state index < -0.39 is 9.84 Å². The van der Waals surface area contributed by atoms with Gasteiger partial charge in [-0.15, -0.1) is 5.10 Å². The smallest absolute Gasteiger partial charge is 0.225 e. The molecule has 1 aliphatic rings. The Morgan fingerprint density at radius 2 is 1.82 bits per heavy atom. The lowest BCUT2D eigenvalue weighted by molar-refractivity contribution is 0.0664. The predicted molar refractivity (Wildman–Crippen MR) is 106 cm³/mol. The Morgan fingerprint density at radius 1 is 1.11 bits per heavy atom. The van der Waals surface area contributed by atoms with E-state index in [-0.39, 0.29) is 10.8 Å². The number of sulfone groups is 1. The van der Waals surface area contributed by atoms with E-state index in [4.69, 9.17) is 4.74 Å². The van der Waals surface area contributed by atoms with Crippen LogP contribution in [0.4, 0.5) is 0 Å². The maximum Gasteiger partial charge on any atom is 0.225 e. The lowest BCUT2D eigenvalue weighted by Gasteiger charge is -2.29. The van der Waals surface area contributed by atoms with Gasteiger partial charge in [0, 0.05) is 13.1 Å². The van der Waals surface area contributed by atoms with Crippen molar-refractivity contribution in [3.05, 3.63) is 54.1 Å². The summed E-state index contributed by atoms with van der Waals surface area (Å²) < 4.78 is 32.6. The minimum Gasteiger partial charge on any atom is -0.378 e. The second-order valence-electron chi connectivity index (χ2n) is 6.60. The second-order valence-corrected chi connectivity index (χ2v) is 8.56. The van der Waals surface area contributed by atoms with Gasteiger partial charge in [-0.3, -0.25) is 0 Å². The summed E-state index contributed by atoms with van der Waals surface area (Å²) in [7, 11) is -3.56. The molecule has 0 amide bonds. The van der Waals surface area contributed by atoms with Crippen LogP contribution in [0.1, 0.15) is 5.56 Å². The minimum atomic E-state index is -3.56. The number of nitrogens with zero attached hydrogens (tertiary/aromatic N) is 5. The molecular formula is C19H21N5O3S. The largest absolute Gasteiger partial charge is 0.378 e. The van der Waals surface area contributed by atoms with Gasteiger partial charge in [0.15, 0.2) is 9.84 Å². The number of aliphatic imine (C=N–C) groups is 1. The quantitative estimate of drug-likeness (QED) is 0.492. The van der Waals surface area contributed by atoms with E-state index in [9.17, 15) is 8.42 Å². The lowest BCUT2D eigenvalue weighted by atomic mass is 10.2. The Hall–Kier alpha value is -2.78. The number of rotatable bonds is 3. The average molecular weight is 399 g/mol. The Kier molecular flexibility index (Phi) is 5.10. The molecule has 1 aromatic heterocycles. The molecule has 0 aliphatic carbocycles. The summed E-state index contributed by atoms with van der Waals surface area (Å²) in [6.07, 6.45) is 0. The maximum atomic E-state index is 12.8. The van der Waals surface area contributed by atoms with Gasteiger partial charge in [0.2, 0.25) is 5.96 Å². The molecule has 2 aromatic carbocycles. The SMILES string of the molecule is Cc1ccc(S(=O)(=O)C/N=C(/N2CCOCC2)n2nnc3ccccc32)cc1. The number of benzene rings is 2. The van der Waals surface area contributed by atoms with Crippen LogP contribution in [0.5, 0.6) is 0 Å². The Bertz CT molecular complexity index is 1100. The van der Waals surface area contributed by atoms with E-state index in [1.54, 1.807) is 28.9 Å². The van der Waals surface area contributed by atoms with E-state index in [0.29, 0.717) is 32.3 Å². The van der Waals surface area contributed by atoms with Crippen LogP contribution in [0, 0.1) is 6.92 Å². The molecule has 8 nitrogen and oxygen atoms in total. The highest BCUT2D eigenvalue weighted by atomic mass is 32.2. The first-order valence-corrected chi connectivity index (χ1v) is 10.7. The van der Waals surface area contributed by atoms with Crippen molar-refractivity contribution in [2.45, 2.75) is 11.8 Å². The molecule has 2 heterocycles. The Morgan fingerprint density at radius 3 is 2.57 bits per heavy atom. The molecule has 28 heavy (non-hydrogen) atoms. The molecule has 0 N–H and O–H groups in total. The van der Waals surface area contributed by atoms with Gasteiger partial charge in [-0.25, -0.2) is 13.4 Å². The molecule has 3 aromatic rings. The first-order chi connectivity index (χ1) is 13.5. The molecule has 0 bridgehead atoms. The number of ether oxygens (including phenoxy) is 1. The van der Waals surface area contributed by atoms with Gasteiger partial charge in [-0.2, -0.15) is 4.68 Å². The van der Waals surface area contributed by atoms with Crippen molar-refractivity contribution in [3.8, 4) is 0 Å². The highest BCUT2D eigenvalue weighted by Gasteiger charge is 2.22. The van der Waals surface area contributed by atoms with Gasteiger partial charge < -0.3 is 9.64 Å². The molecule has 0 unspecified atom stereocenters. The van der Waals surface area contributed by atoms with Gasteiger partial charge in [0.1, 0.15) is 11.4 Å². The topological polar surface area (TPSA) is 89.7 Å². The summed E-state index contributed by atoms with van der Waals surface area (Å²) in [5.41, 5.74) is 2.51. The van der Waals surface area contributed by atoms with Crippen molar-refractivity contribution in [1.82, 2.24) is 19.9 Å². The third-order valence-corrected chi connectivity index (χ3v) is 6.05. The van der Waals surface area contributed by atoms with Crippen LogP contribution in [-0.2, 0) is 14.6 Å². The van der Waals surface area contributed by atoms with Crippen LogP contribution in [0.25, 0.3) is 11.0 Å². The molecule has 1 saturated heterocycles. The zero-order valence-electron chi connectivity index (χ0n) is 15.5. The number of aromatic nitrogens is 3. The minimum absolute atomic E-state index is 0.256. The zero-order valence-corrected chi connectivity index (χ0v) is 16.3. The van der Waals surface area contributed by atoms with E-state index in [0.717, 1.165) is 16.6 Å². The van der Waals surface area contributed by atoms with E-state index in [2.05, 4.69) is 15.3 Å². The normalized spacial score (nSPS) is 15.9. The van der Waals surface area contributed by atoms with Gasteiger partial charge in [-0.1, -0.05) is 35.0 Å². The molecular weight excluding hydrogens is 378 g/mol. The van der Waals surface area contributed by atoms with Crippen molar-refractivity contribution in [2.24, 2.45) is 4.99 Å². The predicted octanol–water partition coefficient (Wildman–Crippen LogP) is 1.71. The third kappa shape index (κ3) is 3.76. The molecule has 146 valence electrons. The van der Waals surface area contributed by atoms with Crippen LogP contribution in [-0.4, -0.2) is 66.5 Å². The van der Waals surface area contributed by atoms with Gasteiger partial charge in [-0.05, 0) is 31.2 Å². The van der Waals surface area contributed by atoms with Crippen molar-refractivity contribution < 1.29 is 13.2 Å². The van der Waals surface area contributed by atoms with Crippen molar-refractivity contribution in [1.29, 1.82) is 0 Å². The van der Waals surface area contributed by atoms with Crippen molar-refractivity contribution in [2.75, 3.05) is 32.2 Å². The second kappa shape index (κ2) is 7.69. The van der Waals surface area contributed by atoms with Crippen LogP contribution in [0.3, 0.4) is 0 Å². The summed E-state index contributed by atoms with van der Waals surface area (Å²) in [4.78, 5) is 6.71. The third-order valence-electron chi connectivity index (χ3n) is 4.59. The molecule has 0 atom stereocenters. The lowest BCUT2D eigenvalue weighted by Crippen LogP contribution is -2.44. The number of morpholine rings is 1. The number of aryl methyl sites for hydroxylation is 1. The first kappa shape index (κ1) is 18.6. The summed E-state index contributed by atoms with van der Waals surface area (Å²) in [5.74, 6) is 0.101. The molecule has 9 heteroatoms. The fraction of sp³-hybridized carbons (Fsp3) is 0.316. The maximum absolute atomic E-state index is 12.8. The fourth-order valence-electron chi connectivity index (χ4n) is 3.04. The van der Waals surface area contributed by atoms with E-state index in [1.807, 2.05) is 36.1 Å². The van der Waals surface area contributed by atoms with Crippen LogP contribution >= 0.6 is 0 Å². The molecule has 0 radical (unpaired) electrons. The molecule has 1 aliphatic heterocycles. The average Bonchev–Trinajstić information content (AvgIpc) is 3.13. The summed E-state index contributed by atoms with van der Waals surface area (Å²) in [5, 5.41) is 8.39. The number of fused-ring (bicyclic) bond motifs is 1. The summed E-state index contributed by atoms with van der Waals surface area (Å²) in [6, 6.07) is 14.3. The van der Waals surface area contributed by atoms with Gasteiger partial charge >= 0.3 is 0 Å². The molecule has 4 rings (SSSR count). The Labute approximate surface area is 163 Å². The van der Waals surface area contributed by atoms with E-state index in [1.165, 1.54) is 0 Å². The van der Waals surface area contributed by atoms with Gasteiger partial charge in [0.05, 0.1) is 23.6 Å². The van der Waals surface area contributed by atoms with Crippen LogP contribution < -0.4 is 0 Å². The zero-order chi connectivity index (χ0) is 19.6. The van der Waals surface area contributed by atoms with Crippen LogP contribution in [0.2, 0.25) is 0 Å². The Balaban J connectivity index is 1.72. The summed E-state index contributed by atoms with van der Waals surface area (Å²) in [6.45, 7) is 4.24. The standard InChI is InChI=1S/C19H21N5O3S/c1-15-6-8-16(9-7-15)28(25,26)14-20-19(23-10-12-27-13-11-23)24-18-5-3-2-4-17(18)21-22-24/h2-9H,10-14H2,1H3/b20-19-. The van der Waals surface area contributed by atoms with Crippen molar-refractivity contribution >= 4 is 26.8 Å². The number of para-hydroxylation sites is 1. The molecule has 0 spiro atoms. The number of hydrogen-bond acceptors (Lipinski definition) is 6. The highest BCUT2D eigenvalue weighted by molar-refractivity contribution is 7.91. The van der Waals surface area contributed by atoms with Gasteiger partial charge in [0.25, 0.3) is 0 Å². The van der Waals surface area contributed by atoms with Crippen molar-refractivity contribution in [3.63, 3.8) is 0 Å². The number of hydrogen-bond donors (Lipinski definition) is 0. The molecule has 0 saturated carbocycles. The van der Waals surface area contributed by atoms with E-state index >= 15 is 0 Å². The highest BCUT2D eigenvalue weighted by Crippen LogP contribution is 2.15. The molecule has 1 fully saturated rings. The summed E-state index contributed by atoms with van der Waals surface area (Å²) >= 11 is 0. The van der Waals surface area contributed by atoms with Crippen LogP contribution in [0.15, 0.2) is 58.4 Å². The first-order valence-electron chi connectivity index (χ1n) is 9.02.